The van der Waals surface area contributed by atoms with E-state index in [0.717, 1.165) is 0 Å². The molecule has 0 aliphatic heterocycles. The van der Waals surface area contributed by atoms with Crippen molar-refractivity contribution >= 4 is 11.6 Å². The first kappa shape index (κ1) is 7.22. The predicted molar refractivity (Wildman–Crippen MR) is 53.5 cm³/mol. The lowest BCUT2D eigenvalue weighted by atomic mass is 10.3. The maximum atomic E-state index is 11.1. The van der Waals surface area contributed by atoms with E-state index in [2.05, 4.69) is 10.1 Å². The molecule has 15 heavy (non-hydrogen) atoms. The molecule has 6 heteroatoms. The van der Waals surface area contributed by atoms with Crippen molar-refractivity contribution in [2.75, 3.05) is 18.9 Å². The van der Waals surface area contributed by atoms with E-state index >= 15 is 0 Å². The van der Waals surface area contributed by atoms with Gasteiger partial charge in [-0.05, 0) is 24.3 Å². The van der Waals surface area contributed by atoms with E-state index in [-0.39, 0.29) is 5.75 Å². The highest BCUT2D eigenvalue weighted by Gasteiger charge is 2.08. The van der Waals surface area contributed by atoms with Crippen LogP contribution in [0.25, 0.3) is 0 Å². The van der Waals surface area contributed by atoms with Gasteiger partial charge >= 0.3 is 0 Å². The fraction of sp³-hybridized carbons (Fsp3) is 0.222. The van der Waals surface area contributed by atoms with Crippen molar-refractivity contribution in [3.63, 3.8) is 0 Å². The van der Waals surface area contributed by atoms with E-state index in [1.165, 1.54) is 24.3 Å². The molecule has 0 atom stereocenters. The zero-order valence-electron chi connectivity index (χ0n) is 10.6. The quantitative estimate of drug-likeness (QED) is 0.595. The van der Waals surface area contributed by atoms with Crippen molar-refractivity contribution in [2.24, 2.45) is 0 Å². The summed E-state index contributed by atoms with van der Waals surface area (Å²) in [4.78, 5) is 20.4. The lowest BCUT2D eigenvalue weighted by Crippen LogP contribution is -2.21. The van der Waals surface area contributed by atoms with Crippen molar-refractivity contribution in [1.29, 1.82) is 0 Å². The second kappa shape index (κ2) is 4.94. The van der Waals surface area contributed by atoms with Crippen LogP contribution < -0.4 is 10.1 Å². The summed E-state index contributed by atoms with van der Waals surface area (Å²) in [7, 11) is -2.55. The van der Waals surface area contributed by atoms with Crippen molar-refractivity contribution in [3.8, 4) is 5.75 Å². The van der Waals surface area contributed by atoms with Gasteiger partial charge in [-0.2, -0.15) is 0 Å². The van der Waals surface area contributed by atoms with Crippen molar-refractivity contribution < 1.29 is 18.6 Å². The van der Waals surface area contributed by atoms with Crippen LogP contribution in [-0.2, 0) is 4.79 Å². The number of carbonyl (C=O) groups is 1. The van der Waals surface area contributed by atoms with Gasteiger partial charge in [-0.1, -0.05) is 0 Å². The van der Waals surface area contributed by atoms with Gasteiger partial charge in [-0.25, -0.2) is 0 Å². The van der Waals surface area contributed by atoms with E-state index in [9.17, 15) is 14.9 Å². The molecule has 6 nitrogen and oxygen atoms in total. The number of anilines is 1. The molecule has 0 aliphatic rings. The monoisotopic (exact) mass is 213 g/mol. The molecule has 0 spiro atoms. The van der Waals surface area contributed by atoms with Crippen LogP contribution in [0.1, 0.15) is 4.11 Å². The molecule has 1 rings (SSSR count). The van der Waals surface area contributed by atoms with Gasteiger partial charge in [-0.15, -0.1) is 0 Å². The van der Waals surface area contributed by atoms with Crippen LogP contribution >= 0.6 is 0 Å². The minimum atomic E-state index is -2.55. The van der Waals surface area contributed by atoms with E-state index < -0.39 is 24.4 Å². The highest BCUT2D eigenvalue weighted by molar-refractivity contribution is 5.91. The van der Waals surface area contributed by atoms with Gasteiger partial charge in [0.05, 0.1) is 11.2 Å². The third kappa shape index (κ3) is 3.63. The number of nitrogens with zero attached hydrogens (tertiary/aromatic N) is 1. The highest BCUT2D eigenvalue weighted by Crippen LogP contribution is 2.14. The molecule has 0 unspecified atom stereocenters. The molecular formula is C9H10N2O4. The summed E-state index contributed by atoms with van der Waals surface area (Å²) < 4.78 is 25.2. The van der Waals surface area contributed by atoms with Crippen LogP contribution in [0.4, 0.5) is 5.69 Å². The summed E-state index contributed by atoms with van der Waals surface area (Å²) in [5.74, 6) is -0.647. The van der Waals surface area contributed by atoms with E-state index in [1.54, 1.807) is 0 Å². The summed E-state index contributed by atoms with van der Waals surface area (Å²) in [6, 6.07) is 5.46. The SMILES string of the molecule is [2H]C([2H])([2H])Oc1ccc(NC(=O)C[N+](=O)[O-])cc1. The highest BCUT2D eigenvalue weighted by atomic mass is 16.6. The zero-order chi connectivity index (χ0) is 13.8. The molecular weight excluding hydrogens is 200 g/mol. The smallest absolute Gasteiger partial charge is 0.296 e. The topological polar surface area (TPSA) is 81.5 Å². The average molecular weight is 213 g/mol. The number of nitrogens with one attached hydrogen (secondary N) is 1. The van der Waals surface area contributed by atoms with Crippen LogP contribution in [0.3, 0.4) is 0 Å². The molecule has 0 aromatic heterocycles. The van der Waals surface area contributed by atoms with Crippen molar-refractivity contribution in [1.82, 2.24) is 0 Å². The molecule has 0 radical (unpaired) electrons. The number of rotatable bonds is 4. The molecule has 0 saturated heterocycles. The summed E-state index contributed by atoms with van der Waals surface area (Å²) in [5.41, 5.74) is 0.319. The molecule has 1 aromatic rings. The Morgan fingerprint density at radius 1 is 1.60 bits per heavy atom. The molecule has 0 fully saturated rings. The Morgan fingerprint density at radius 2 is 2.27 bits per heavy atom. The number of hydrogen-bond acceptors (Lipinski definition) is 4. The maximum Gasteiger partial charge on any atom is 0.296 e. The largest absolute Gasteiger partial charge is 0.497 e. The third-order valence-corrected chi connectivity index (χ3v) is 1.53. The molecule has 0 aliphatic carbocycles. The molecule has 1 aromatic carbocycles. The van der Waals surface area contributed by atoms with Crippen molar-refractivity contribution in [2.45, 2.75) is 0 Å². The van der Waals surface area contributed by atoms with Gasteiger partial charge in [0.1, 0.15) is 5.75 Å². The summed E-state index contributed by atoms with van der Waals surface area (Å²) in [5, 5.41) is 12.4. The number of ether oxygens (including phenoxy) is 1. The molecule has 0 heterocycles. The van der Waals surface area contributed by atoms with Crippen molar-refractivity contribution in [3.05, 3.63) is 34.4 Å². The molecule has 1 N–H and O–H groups in total. The first-order chi connectivity index (χ1) is 8.26. The van der Waals surface area contributed by atoms with Crippen LogP contribution in [0.5, 0.6) is 5.75 Å². The van der Waals surface area contributed by atoms with Gasteiger partial charge in [0.15, 0.2) is 0 Å². The van der Waals surface area contributed by atoms with Gasteiger partial charge in [0.2, 0.25) is 0 Å². The third-order valence-electron chi connectivity index (χ3n) is 1.53. The zero-order valence-corrected chi connectivity index (χ0v) is 7.60. The maximum absolute atomic E-state index is 11.1. The number of carbonyl (C=O) groups excluding carboxylic acids is 1. The van der Waals surface area contributed by atoms with E-state index in [4.69, 9.17) is 4.11 Å². The predicted octanol–water partition coefficient (Wildman–Crippen LogP) is 0.910. The Balaban J connectivity index is 2.60. The lowest BCUT2D eigenvalue weighted by molar-refractivity contribution is -0.467. The average Bonchev–Trinajstić information content (AvgIpc) is 2.17. The number of amides is 1. The first-order valence-electron chi connectivity index (χ1n) is 5.47. The Bertz CT molecular complexity index is 444. The van der Waals surface area contributed by atoms with E-state index in [0.29, 0.717) is 5.69 Å². The molecule has 0 bridgehead atoms. The number of methoxy groups -OCH3 is 1. The normalized spacial score (nSPS) is 13.2. The van der Waals surface area contributed by atoms with Gasteiger partial charge in [0, 0.05) is 10.6 Å². The summed E-state index contributed by atoms with van der Waals surface area (Å²) in [6.07, 6.45) is 0. The first-order valence-corrected chi connectivity index (χ1v) is 3.97. The number of benzene rings is 1. The van der Waals surface area contributed by atoms with Crippen LogP contribution in [0.15, 0.2) is 24.3 Å². The van der Waals surface area contributed by atoms with Crippen LogP contribution in [-0.4, -0.2) is 24.4 Å². The Labute approximate surface area is 90.2 Å². The Hall–Kier alpha value is -2.11. The molecule has 1 amide bonds. The summed E-state index contributed by atoms with van der Waals surface area (Å²) in [6.45, 7) is -0.826. The molecule has 0 saturated carbocycles. The molecule has 80 valence electrons. The number of nitro groups is 1. The second-order valence-electron chi connectivity index (χ2n) is 2.67. The minimum absolute atomic E-state index is 0.113. The van der Waals surface area contributed by atoms with Crippen LogP contribution in [0.2, 0.25) is 0 Å². The minimum Gasteiger partial charge on any atom is -0.497 e. The second-order valence-corrected chi connectivity index (χ2v) is 2.67. The lowest BCUT2D eigenvalue weighted by Gasteiger charge is -2.03. The Morgan fingerprint density at radius 3 is 2.80 bits per heavy atom. The van der Waals surface area contributed by atoms with Gasteiger partial charge in [0.25, 0.3) is 12.5 Å². The summed E-state index contributed by atoms with van der Waals surface area (Å²) >= 11 is 0. The fourth-order valence-corrected chi connectivity index (χ4v) is 0.924. The van der Waals surface area contributed by atoms with Gasteiger partial charge in [-0.3, -0.25) is 14.9 Å². The number of hydrogen-bond donors (Lipinski definition) is 1. The van der Waals surface area contributed by atoms with E-state index in [1.807, 2.05) is 0 Å². The van der Waals surface area contributed by atoms with Gasteiger partial charge < -0.3 is 10.1 Å². The van der Waals surface area contributed by atoms with Crippen LogP contribution in [0, 0.1) is 10.1 Å². The Kier molecular flexibility index (Phi) is 2.38. The fourth-order valence-electron chi connectivity index (χ4n) is 0.924. The standard InChI is InChI=1S/C9H10N2O4/c1-15-8-4-2-7(3-5-8)10-9(12)6-11(13)14/h2-5H,6H2,1H3,(H,10,12)/i1D3.